The van der Waals surface area contributed by atoms with Gasteiger partial charge in [-0.2, -0.15) is 0 Å². The van der Waals surface area contributed by atoms with Crippen molar-refractivity contribution in [1.82, 2.24) is 9.88 Å². The Morgan fingerprint density at radius 2 is 1.75 bits per heavy atom. The summed E-state index contributed by atoms with van der Waals surface area (Å²) in [5, 5.41) is 0.111. The highest BCUT2D eigenvalue weighted by Gasteiger charge is 2.40. The van der Waals surface area contributed by atoms with Gasteiger partial charge in [-0.25, -0.2) is 9.78 Å². The highest BCUT2D eigenvalue weighted by Crippen LogP contribution is 2.40. The standard InChI is InChI=1S/C28H44N2O5Si/c1-27(2,3)34-26(31)30-18-15-23(16-19-30)33-22-12-9-21(10-13-22)11-14-24(25-29-17-20-32-25)35-36(7,8)28(4,5)6/h9-10,12-13,17,20,23-24H,11,14-16,18-19H2,1-8H3. The van der Waals surface area contributed by atoms with Gasteiger partial charge >= 0.3 is 6.09 Å². The second-order valence-corrected chi connectivity index (χ2v) is 17.0. The molecule has 0 N–H and O–H groups in total. The predicted octanol–water partition coefficient (Wildman–Crippen LogP) is 7.15. The van der Waals surface area contributed by atoms with E-state index in [9.17, 15) is 4.79 Å². The summed E-state index contributed by atoms with van der Waals surface area (Å²) < 4.78 is 24.0. The molecule has 0 spiro atoms. The molecular formula is C28H44N2O5Si. The van der Waals surface area contributed by atoms with Crippen molar-refractivity contribution in [3.8, 4) is 5.75 Å². The van der Waals surface area contributed by atoms with Crippen LogP contribution in [0.3, 0.4) is 0 Å². The summed E-state index contributed by atoms with van der Waals surface area (Å²) in [5.41, 5.74) is 0.745. The lowest BCUT2D eigenvalue weighted by Crippen LogP contribution is -2.44. The van der Waals surface area contributed by atoms with E-state index >= 15 is 0 Å². The third-order valence-corrected chi connectivity index (χ3v) is 11.5. The van der Waals surface area contributed by atoms with Gasteiger partial charge in [0.05, 0.1) is 6.20 Å². The van der Waals surface area contributed by atoms with E-state index < -0.39 is 13.9 Å². The van der Waals surface area contributed by atoms with E-state index in [0.29, 0.717) is 19.0 Å². The molecule has 1 unspecified atom stereocenters. The van der Waals surface area contributed by atoms with Crippen LogP contribution in [0.4, 0.5) is 4.79 Å². The van der Waals surface area contributed by atoms with E-state index in [-0.39, 0.29) is 23.3 Å². The molecule has 1 aliphatic rings. The quantitative estimate of drug-likeness (QED) is 0.347. The van der Waals surface area contributed by atoms with Crippen LogP contribution in [0.15, 0.2) is 41.1 Å². The molecule has 3 rings (SSSR count). The van der Waals surface area contributed by atoms with E-state index in [1.807, 2.05) is 32.9 Å². The number of hydrogen-bond acceptors (Lipinski definition) is 6. The molecule has 1 saturated heterocycles. The number of carbonyl (C=O) groups is 1. The highest BCUT2D eigenvalue weighted by atomic mass is 28.4. The maximum atomic E-state index is 12.3. The van der Waals surface area contributed by atoms with Crippen molar-refractivity contribution >= 4 is 14.4 Å². The fourth-order valence-electron chi connectivity index (χ4n) is 3.87. The van der Waals surface area contributed by atoms with Crippen molar-refractivity contribution in [2.45, 2.75) is 103 Å². The molecule has 1 aromatic carbocycles. The van der Waals surface area contributed by atoms with Crippen molar-refractivity contribution < 1.29 is 23.1 Å². The second kappa shape index (κ2) is 11.4. The monoisotopic (exact) mass is 516 g/mol. The van der Waals surface area contributed by atoms with Gasteiger partial charge in [0.15, 0.2) is 8.32 Å². The first-order valence-corrected chi connectivity index (χ1v) is 15.9. The Hall–Kier alpha value is -2.32. The number of piperidine rings is 1. The molecule has 7 nitrogen and oxygen atoms in total. The van der Waals surface area contributed by atoms with Crippen LogP contribution < -0.4 is 4.74 Å². The lowest BCUT2D eigenvalue weighted by molar-refractivity contribution is 0.0126. The van der Waals surface area contributed by atoms with Gasteiger partial charge in [0.2, 0.25) is 5.89 Å². The maximum Gasteiger partial charge on any atom is 0.410 e. The van der Waals surface area contributed by atoms with E-state index in [1.54, 1.807) is 17.4 Å². The highest BCUT2D eigenvalue weighted by molar-refractivity contribution is 6.74. The summed E-state index contributed by atoms with van der Waals surface area (Å²) in [5.74, 6) is 1.51. The number of aryl methyl sites for hydroxylation is 1. The van der Waals surface area contributed by atoms with Gasteiger partial charge < -0.3 is 23.2 Å². The number of hydrogen-bond donors (Lipinski definition) is 0. The molecule has 2 aromatic rings. The zero-order valence-corrected chi connectivity index (χ0v) is 24.3. The minimum Gasteiger partial charge on any atom is -0.490 e. The van der Waals surface area contributed by atoms with E-state index in [0.717, 1.165) is 31.4 Å². The van der Waals surface area contributed by atoms with Crippen LogP contribution in [-0.2, 0) is 15.6 Å². The number of aromatic nitrogens is 1. The third-order valence-electron chi connectivity index (χ3n) is 6.98. The fourth-order valence-corrected chi connectivity index (χ4v) is 5.15. The van der Waals surface area contributed by atoms with Crippen LogP contribution in [-0.4, -0.2) is 49.1 Å². The van der Waals surface area contributed by atoms with Crippen LogP contribution in [0.2, 0.25) is 18.1 Å². The Kier molecular flexibility index (Phi) is 8.93. The molecule has 0 saturated carbocycles. The van der Waals surface area contributed by atoms with Gasteiger partial charge in [0.1, 0.15) is 29.8 Å². The van der Waals surface area contributed by atoms with Crippen molar-refractivity contribution in [2.75, 3.05) is 13.1 Å². The number of rotatable bonds is 8. The minimum atomic E-state index is -1.97. The molecule has 8 heteroatoms. The van der Waals surface area contributed by atoms with E-state index in [4.69, 9.17) is 18.3 Å². The summed E-state index contributed by atoms with van der Waals surface area (Å²) in [6.07, 6.45) is 6.24. The molecule has 36 heavy (non-hydrogen) atoms. The summed E-state index contributed by atoms with van der Waals surface area (Å²) >= 11 is 0. The topological polar surface area (TPSA) is 74.0 Å². The smallest absolute Gasteiger partial charge is 0.410 e. The van der Waals surface area contributed by atoms with Crippen LogP contribution in [0.1, 0.15) is 78.4 Å². The molecule has 1 amide bonds. The van der Waals surface area contributed by atoms with Crippen molar-refractivity contribution in [3.63, 3.8) is 0 Å². The van der Waals surface area contributed by atoms with Crippen LogP contribution in [0, 0.1) is 0 Å². The van der Waals surface area contributed by atoms with Crippen LogP contribution in [0.5, 0.6) is 5.75 Å². The normalized spacial score (nSPS) is 16.6. The van der Waals surface area contributed by atoms with E-state index in [2.05, 4.69) is 51.0 Å². The lowest BCUT2D eigenvalue weighted by Gasteiger charge is -2.38. The third kappa shape index (κ3) is 8.10. The number of carbonyl (C=O) groups excluding carboxylic acids is 1. The van der Waals surface area contributed by atoms with Gasteiger partial charge in [-0.3, -0.25) is 0 Å². The van der Waals surface area contributed by atoms with Gasteiger partial charge in [-0.15, -0.1) is 0 Å². The Balaban J connectivity index is 1.51. The number of nitrogens with zero attached hydrogens (tertiary/aromatic N) is 2. The SMILES string of the molecule is CC(C)(C)OC(=O)N1CCC(Oc2ccc(CCC(O[Si](C)(C)C(C)(C)C)c3ncco3)cc2)CC1. The van der Waals surface area contributed by atoms with Crippen LogP contribution >= 0.6 is 0 Å². The molecule has 2 heterocycles. The van der Waals surface area contributed by atoms with Crippen LogP contribution in [0.25, 0.3) is 0 Å². The van der Waals surface area contributed by atoms with Gasteiger partial charge in [-0.05, 0) is 69.4 Å². The Morgan fingerprint density at radius 1 is 1.11 bits per heavy atom. The van der Waals surface area contributed by atoms with Gasteiger partial charge in [-0.1, -0.05) is 32.9 Å². The van der Waals surface area contributed by atoms with E-state index in [1.165, 1.54) is 5.56 Å². The number of likely N-dealkylation sites (tertiary alicyclic amines) is 1. The molecule has 0 radical (unpaired) electrons. The van der Waals surface area contributed by atoms with Crippen molar-refractivity contribution in [3.05, 3.63) is 48.2 Å². The average Bonchev–Trinajstić information content (AvgIpc) is 3.31. The molecule has 200 valence electrons. The summed E-state index contributed by atoms with van der Waals surface area (Å²) in [7, 11) is -1.97. The zero-order chi connectivity index (χ0) is 26.6. The second-order valence-electron chi connectivity index (χ2n) is 12.2. The first kappa shape index (κ1) is 28.3. The number of amides is 1. The molecular weight excluding hydrogens is 472 g/mol. The predicted molar refractivity (Wildman–Crippen MR) is 144 cm³/mol. The maximum absolute atomic E-state index is 12.3. The van der Waals surface area contributed by atoms with Gasteiger partial charge in [0, 0.05) is 25.9 Å². The first-order chi connectivity index (χ1) is 16.7. The van der Waals surface area contributed by atoms with Crippen molar-refractivity contribution in [2.24, 2.45) is 0 Å². The first-order valence-electron chi connectivity index (χ1n) is 13.0. The molecule has 1 fully saturated rings. The summed E-state index contributed by atoms with van der Waals surface area (Å²) in [6, 6.07) is 8.29. The van der Waals surface area contributed by atoms with Crippen molar-refractivity contribution in [1.29, 1.82) is 0 Å². The Bertz CT molecular complexity index is 953. The molecule has 1 aliphatic heterocycles. The number of benzene rings is 1. The largest absolute Gasteiger partial charge is 0.490 e. The molecule has 0 bridgehead atoms. The average molecular weight is 517 g/mol. The summed E-state index contributed by atoms with van der Waals surface area (Å²) in [4.78, 5) is 18.4. The zero-order valence-electron chi connectivity index (χ0n) is 23.3. The summed E-state index contributed by atoms with van der Waals surface area (Å²) in [6.45, 7) is 18.2. The Labute approximate surface area is 217 Å². The minimum absolute atomic E-state index is 0.0990. The Morgan fingerprint density at radius 3 is 2.28 bits per heavy atom. The molecule has 0 aliphatic carbocycles. The lowest BCUT2D eigenvalue weighted by atomic mass is 10.1. The number of oxazole rings is 1. The fraction of sp³-hybridized carbons (Fsp3) is 0.643. The molecule has 1 aromatic heterocycles. The molecule has 1 atom stereocenters. The number of ether oxygens (including phenoxy) is 2. The van der Waals surface area contributed by atoms with Gasteiger partial charge in [0.25, 0.3) is 0 Å².